The molecule has 0 fully saturated rings. The average Bonchev–Trinajstić information content (AvgIpc) is 2.66. The lowest BCUT2D eigenvalue weighted by Crippen LogP contribution is -2.15. The van der Waals surface area contributed by atoms with Gasteiger partial charge in [0.25, 0.3) is 0 Å². The fourth-order valence-corrected chi connectivity index (χ4v) is 2.37. The Bertz CT molecular complexity index is 599. The number of benzene rings is 1. The van der Waals surface area contributed by atoms with Crippen molar-refractivity contribution in [3.05, 3.63) is 34.4 Å². The molecular formula is C14H16BrNO2. The van der Waals surface area contributed by atoms with Gasteiger partial charge >= 0.3 is 0 Å². The van der Waals surface area contributed by atoms with Gasteiger partial charge in [-0.3, -0.25) is 9.36 Å². The number of rotatable bonds is 2. The van der Waals surface area contributed by atoms with Crippen molar-refractivity contribution in [2.45, 2.75) is 26.9 Å². The van der Waals surface area contributed by atoms with Crippen molar-refractivity contribution in [3.8, 4) is 0 Å². The van der Waals surface area contributed by atoms with E-state index in [9.17, 15) is 9.90 Å². The van der Waals surface area contributed by atoms with Gasteiger partial charge in [0.2, 0.25) is 5.91 Å². The molecule has 1 N–H and O–H groups in total. The molecule has 0 bridgehead atoms. The van der Waals surface area contributed by atoms with E-state index >= 15 is 0 Å². The second kappa shape index (κ2) is 4.86. The third kappa shape index (κ3) is 2.22. The van der Waals surface area contributed by atoms with E-state index in [4.69, 9.17) is 0 Å². The van der Waals surface area contributed by atoms with Crippen LogP contribution < -0.4 is 0 Å². The zero-order valence-corrected chi connectivity index (χ0v) is 12.2. The fraction of sp³-hybridized carbons (Fsp3) is 0.357. The summed E-state index contributed by atoms with van der Waals surface area (Å²) in [6.45, 7) is 5.45. The maximum atomic E-state index is 12.2. The molecule has 2 aromatic rings. The van der Waals surface area contributed by atoms with E-state index in [0.717, 1.165) is 20.9 Å². The second-order valence-electron chi connectivity index (χ2n) is 4.78. The highest BCUT2D eigenvalue weighted by Gasteiger charge is 2.18. The summed E-state index contributed by atoms with van der Waals surface area (Å²) >= 11 is 3.41. The molecule has 0 spiro atoms. The number of hydrogen-bond acceptors (Lipinski definition) is 2. The minimum Gasteiger partial charge on any atom is -0.389 e. The molecule has 0 aliphatic carbocycles. The summed E-state index contributed by atoms with van der Waals surface area (Å²) in [4.78, 5) is 12.2. The molecule has 0 saturated heterocycles. The smallest absolute Gasteiger partial charge is 0.233 e. The third-order valence-corrected chi connectivity index (χ3v) is 3.47. The van der Waals surface area contributed by atoms with Crippen molar-refractivity contribution in [3.63, 3.8) is 0 Å². The van der Waals surface area contributed by atoms with Crippen LogP contribution in [-0.4, -0.2) is 15.6 Å². The van der Waals surface area contributed by atoms with Crippen molar-refractivity contribution < 1.29 is 9.90 Å². The molecule has 96 valence electrons. The highest BCUT2D eigenvalue weighted by Crippen LogP contribution is 2.29. The van der Waals surface area contributed by atoms with Crippen LogP contribution in [0.5, 0.6) is 0 Å². The van der Waals surface area contributed by atoms with Crippen molar-refractivity contribution in [1.82, 2.24) is 4.57 Å². The lowest BCUT2D eigenvalue weighted by atomic mass is 10.1. The van der Waals surface area contributed by atoms with Crippen LogP contribution in [0.3, 0.4) is 0 Å². The number of aromatic nitrogens is 1. The zero-order chi connectivity index (χ0) is 13.4. The van der Waals surface area contributed by atoms with E-state index in [0.29, 0.717) is 0 Å². The third-order valence-electron chi connectivity index (χ3n) is 2.98. The predicted molar refractivity (Wildman–Crippen MR) is 75.7 cm³/mol. The number of fused-ring (bicyclic) bond motifs is 1. The Morgan fingerprint density at radius 1 is 1.33 bits per heavy atom. The average molecular weight is 310 g/mol. The highest BCUT2D eigenvalue weighted by molar-refractivity contribution is 9.10. The quantitative estimate of drug-likeness (QED) is 0.918. The normalized spacial score (nSPS) is 13.2. The number of hydrogen-bond donors (Lipinski definition) is 1. The van der Waals surface area contributed by atoms with Gasteiger partial charge in [0.05, 0.1) is 11.6 Å². The first-order chi connectivity index (χ1) is 8.41. The fourth-order valence-electron chi connectivity index (χ4n) is 2.02. The predicted octanol–water partition coefficient (Wildman–Crippen LogP) is 3.75. The molecule has 1 aromatic heterocycles. The zero-order valence-electron chi connectivity index (χ0n) is 10.6. The summed E-state index contributed by atoms with van der Waals surface area (Å²) in [5.74, 6) is -0.0496. The number of aliphatic hydroxyl groups is 1. The van der Waals surface area contributed by atoms with Crippen molar-refractivity contribution >= 4 is 32.7 Å². The summed E-state index contributed by atoms with van der Waals surface area (Å²) in [6.07, 6.45) is 1.15. The summed E-state index contributed by atoms with van der Waals surface area (Å²) in [7, 11) is 0. The minimum atomic E-state index is -0.588. The maximum Gasteiger partial charge on any atom is 0.233 e. The van der Waals surface area contributed by atoms with E-state index in [1.807, 2.05) is 32.0 Å². The number of carbonyl (C=O) groups is 1. The molecule has 18 heavy (non-hydrogen) atoms. The largest absolute Gasteiger partial charge is 0.389 e. The first-order valence-corrected chi connectivity index (χ1v) is 6.74. The van der Waals surface area contributed by atoms with Crippen LogP contribution in [-0.2, 0) is 0 Å². The van der Waals surface area contributed by atoms with E-state index in [1.165, 1.54) is 0 Å². The van der Waals surface area contributed by atoms with E-state index in [2.05, 4.69) is 15.9 Å². The summed E-state index contributed by atoms with van der Waals surface area (Å²) in [6, 6.07) is 5.74. The van der Waals surface area contributed by atoms with E-state index in [-0.39, 0.29) is 11.8 Å². The Morgan fingerprint density at radius 2 is 2.00 bits per heavy atom. The van der Waals surface area contributed by atoms with Gasteiger partial charge in [-0.15, -0.1) is 0 Å². The number of halogens is 1. The Labute approximate surface area is 115 Å². The van der Waals surface area contributed by atoms with Gasteiger partial charge in [-0.2, -0.15) is 0 Å². The summed E-state index contributed by atoms with van der Waals surface area (Å²) < 4.78 is 2.55. The molecular weight excluding hydrogens is 294 g/mol. The molecule has 3 nitrogen and oxygen atoms in total. The van der Waals surface area contributed by atoms with Gasteiger partial charge in [-0.25, -0.2) is 0 Å². The first kappa shape index (κ1) is 13.3. The Hall–Kier alpha value is -1.13. The second-order valence-corrected chi connectivity index (χ2v) is 5.70. The molecule has 0 amide bonds. The minimum absolute atomic E-state index is 0.0324. The molecule has 1 unspecified atom stereocenters. The molecule has 1 aromatic carbocycles. The summed E-state index contributed by atoms with van der Waals surface area (Å²) in [5.41, 5.74) is 1.62. The van der Waals surface area contributed by atoms with Gasteiger partial charge in [0.1, 0.15) is 0 Å². The number of carbonyl (C=O) groups excluding carboxylic acids is 1. The topological polar surface area (TPSA) is 42.2 Å². The van der Waals surface area contributed by atoms with Gasteiger partial charge < -0.3 is 5.11 Å². The number of nitrogens with zero attached hydrogens (tertiary/aromatic N) is 1. The molecule has 0 aliphatic heterocycles. The maximum absolute atomic E-state index is 12.2. The molecule has 1 heterocycles. The van der Waals surface area contributed by atoms with Gasteiger partial charge in [0, 0.05) is 27.5 Å². The molecule has 2 rings (SSSR count). The van der Waals surface area contributed by atoms with Crippen LogP contribution >= 0.6 is 15.9 Å². The van der Waals surface area contributed by atoms with Gasteiger partial charge in [-0.1, -0.05) is 35.8 Å². The van der Waals surface area contributed by atoms with Crippen molar-refractivity contribution in [2.75, 3.05) is 0 Å². The molecule has 1 atom stereocenters. The molecule has 0 aliphatic rings. The van der Waals surface area contributed by atoms with Crippen LogP contribution in [0.1, 0.15) is 37.2 Å². The number of aliphatic hydroxyl groups excluding tert-OH is 1. The van der Waals surface area contributed by atoms with Crippen LogP contribution in [0.4, 0.5) is 0 Å². The highest BCUT2D eigenvalue weighted by atomic mass is 79.9. The van der Waals surface area contributed by atoms with E-state index in [1.54, 1.807) is 17.7 Å². The monoisotopic (exact) mass is 309 g/mol. The van der Waals surface area contributed by atoms with Crippen LogP contribution in [0.2, 0.25) is 0 Å². The van der Waals surface area contributed by atoms with Gasteiger partial charge in [0.15, 0.2) is 0 Å². The Kier molecular flexibility index (Phi) is 3.59. The molecule has 4 heteroatoms. The Morgan fingerprint density at radius 3 is 2.56 bits per heavy atom. The molecule has 0 saturated carbocycles. The van der Waals surface area contributed by atoms with E-state index < -0.39 is 6.10 Å². The lowest BCUT2D eigenvalue weighted by molar-refractivity contribution is 0.0860. The Balaban J connectivity index is 2.73. The van der Waals surface area contributed by atoms with Crippen LogP contribution in [0.15, 0.2) is 28.9 Å². The molecule has 0 radical (unpaired) electrons. The lowest BCUT2D eigenvalue weighted by Gasteiger charge is -2.06. The first-order valence-electron chi connectivity index (χ1n) is 5.94. The van der Waals surface area contributed by atoms with Crippen molar-refractivity contribution in [1.29, 1.82) is 0 Å². The standard InChI is InChI=1S/C14H16BrNO2/c1-8(2)14(18)16-7-12(9(3)17)11-5-4-10(15)6-13(11)16/h4-9,17H,1-3H3. The summed E-state index contributed by atoms with van der Waals surface area (Å²) in [5, 5.41) is 10.7. The van der Waals surface area contributed by atoms with Crippen molar-refractivity contribution in [2.24, 2.45) is 5.92 Å². The van der Waals surface area contributed by atoms with Crippen LogP contribution in [0, 0.1) is 5.92 Å². The van der Waals surface area contributed by atoms with Crippen LogP contribution in [0.25, 0.3) is 10.9 Å². The SMILES string of the molecule is CC(C)C(=O)n1cc(C(C)O)c2ccc(Br)cc21. The van der Waals surface area contributed by atoms with Gasteiger partial charge in [-0.05, 0) is 19.1 Å².